The topological polar surface area (TPSA) is 17.8 Å². The van der Waals surface area contributed by atoms with Gasteiger partial charge in [0.15, 0.2) is 0 Å². The lowest BCUT2D eigenvalue weighted by Gasteiger charge is -2.26. The van der Waals surface area contributed by atoms with Crippen LogP contribution in [0.5, 0.6) is 0 Å². The summed E-state index contributed by atoms with van der Waals surface area (Å²) in [5.74, 6) is 4.94. The number of rotatable bonds is 2. The first kappa shape index (κ1) is 11.6. The van der Waals surface area contributed by atoms with E-state index in [0.29, 0.717) is 6.04 Å². The molecule has 0 aliphatic carbocycles. The SMILES string of the molecule is CC1CCCc2cnc(CC3CCCSC3)n21. The van der Waals surface area contributed by atoms with E-state index in [-0.39, 0.29) is 0 Å². The van der Waals surface area contributed by atoms with E-state index < -0.39 is 0 Å². The Kier molecular flexibility index (Phi) is 3.46. The number of aromatic nitrogens is 2. The molecule has 0 spiro atoms. The summed E-state index contributed by atoms with van der Waals surface area (Å²) in [6.45, 7) is 2.35. The Morgan fingerprint density at radius 1 is 1.41 bits per heavy atom. The molecule has 1 aromatic rings. The van der Waals surface area contributed by atoms with Gasteiger partial charge in [-0.05, 0) is 56.5 Å². The molecule has 2 nitrogen and oxygen atoms in total. The van der Waals surface area contributed by atoms with Crippen LogP contribution in [0.3, 0.4) is 0 Å². The zero-order chi connectivity index (χ0) is 11.7. The average molecular weight is 250 g/mol. The summed E-state index contributed by atoms with van der Waals surface area (Å²) in [5.41, 5.74) is 1.47. The quantitative estimate of drug-likeness (QED) is 0.800. The molecule has 94 valence electrons. The summed E-state index contributed by atoms with van der Waals surface area (Å²) in [7, 11) is 0. The van der Waals surface area contributed by atoms with E-state index in [1.807, 2.05) is 0 Å². The second-order valence-electron chi connectivity index (χ2n) is 5.56. The van der Waals surface area contributed by atoms with E-state index in [4.69, 9.17) is 4.98 Å². The van der Waals surface area contributed by atoms with Gasteiger partial charge in [-0.3, -0.25) is 0 Å². The molecule has 2 aliphatic heterocycles. The van der Waals surface area contributed by atoms with Gasteiger partial charge in [-0.1, -0.05) is 0 Å². The number of hydrogen-bond donors (Lipinski definition) is 0. The van der Waals surface area contributed by atoms with Gasteiger partial charge < -0.3 is 4.57 Å². The van der Waals surface area contributed by atoms with E-state index in [2.05, 4.69) is 29.4 Å². The molecule has 2 atom stereocenters. The third kappa shape index (κ3) is 2.40. The van der Waals surface area contributed by atoms with E-state index in [1.54, 1.807) is 0 Å². The monoisotopic (exact) mass is 250 g/mol. The molecule has 0 amide bonds. The van der Waals surface area contributed by atoms with Crippen LogP contribution in [0.4, 0.5) is 0 Å². The van der Waals surface area contributed by atoms with E-state index in [9.17, 15) is 0 Å². The molecular weight excluding hydrogens is 228 g/mol. The predicted molar refractivity (Wildman–Crippen MR) is 73.6 cm³/mol. The standard InChI is InChI=1S/C14H22N2S/c1-11-4-2-6-13-9-15-14(16(11)13)8-12-5-3-7-17-10-12/h9,11-12H,2-8,10H2,1H3. The van der Waals surface area contributed by atoms with Crippen molar-refractivity contribution in [2.24, 2.45) is 5.92 Å². The summed E-state index contributed by atoms with van der Waals surface area (Å²) >= 11 is 2.13. The van der Waals surface area contributed by atoms with Crippen molar-refractivity contribution in [1.82, 2.24) is 9.55 Å². The number of hydrogen-bond acceptors (Lipinski definition) is 2. The van der Waals surface area contributed by atoms with Crippen molar-refractivity contribution >= 4 is 11.8 Å². The fourth-order valence-electron chi connectivity index (χ4n) is 3.25. The highest BCUT2D eigenvalue weighted by atomic mass is 32.2. The summed E-state index contributed by atoms with van der Waals surface area (Å²) in [5, 5.41) is 0. The Balaban J connectivity index is 1.76. The van der Waals surface area contributed by atoms with Crippen LogP contribution in [-0.4, -0.2) is 21.1 Å². The predicted octanol–water partition coefficient (Wildman–Crippen LogP) is 3.47. The summed E-state index contributed by atoms with van der Waals surface area (Å²) in [6.07, 6.45) is 10.0. The molecule has 0 N–H and O–H groups in total. The molecule has 0 bridgehead atoms. The molecule has 3 rings (SSSR count). The maximum atomic E-state index is 4.70. The maximum Gasteiger partial charge on any atom is 0.109 e. The van der Waals surface area contributed by atoms with Crippen LogP contribution in [0, 0.1) is 5.92 Å². The summed E-state index contributed by atoms with van der Waals surface area (Å²) < 4.78 is 2.53. The first-order valence-electron chi connectivity index (χ1n) is 6.97. The zero-order valence-electron chi connectivity index (χ0n) is 10.7. The van der Waals surface area contributed by atoms with Gasteiger partial charge in [0.1, 0.15) is 5.82 Å². The van der Waals surface area contributed by atoms with Crippen molar-refractivity contribution < 1.29 is 0 Å². The molecule has 0 aromatic carbocycles. The van der Waals surface area contributed by atoms with Crippen LogP contribution in [0.25, 0.3) is 0 Å². The Labute approximate surface area is 108 Å². The maximum absolute atomic E-state index is 4.70. The van der Waals surface area contributed by atoms with Crippen molar-refractivity contribution in [3.63, 3.8) is 0 Å². The van der Waals surface area contributed by atoms with Crippen molar-refractivity contribution in [3.05, 3.63) is 17.7 Å². The normalized spacial score (nSPS) is 29.0. The fourth-order valence-corrected chi connectivity index (χ4v) is 4.40. The van der Waals surface area contributed by atoms with Crippen molar-refractivity contribution in [2.75, 3.05) is 11.5 Å². The van der Waals surface area contributed by atoms with E-state index >= 15 is 0 Å². The highest BCUT2D eigenvalue weighted by molar-refractivity contribution is 7.99. The minimum absolute atomic E-state index is 0.674. The van der Waals surface area contributed by atoms with Gasteiger partial charge >= 0.3 is 0 Å². The lowest BCUT2D eigenvalue weighted by atomic mass is 9.99. The molecule has 1 aromatic heterocycles. The first-order valence-corrected chi connectivity index (χ1v) is 8.13. The van der Waals surface area contributed by atoms with Gasteiger partial charge in [0, 0.05) is 24.4 Å². The third-order valence-corrected chi connectivity index (χ3v) is 5.46. The van der Waals surface area contributed by atoms with Crippen LogP contribution in [0.1, 0.15) is 50.2 Å². The Bertz CT molecular complexity index is 380. The molecular formula is C14H22N2S. The lowest BCUT2D eigenvalue weighted by Crippen LogP contribution is -2.21. The van der Waals surface area contributed by atoms with Crippen LogP contribution in [0.2, 0.25) is 0 Å². The molecule has 3 heteroatoms. The highest BCUT2D eigenvalue weighted by Gasteiger charge is 2.22. The molecule has 2 aliphatic rings. The average Bonchev–Trinajstić information content (AvgIpc) is 2.75. The molecule has 2 unspecified atom stereocenters. The first-order chi connectivity index (χ1) is 8.34. The zero-order valence-corrected chi connectivity index (χ0v) is 11.5. The smallest absolute Gasteiger partial charge is 0.109 e. The van der Waals surface area contributed by atoms with Crippen LogP contribution in [0.15, 0.2) is 6.20 Å². The summed E-state index contributed by atoms with van der Waals surface area (Å²) in [6, 6.07) is 0.674. The molecule has 17 heavy (non-hydrogen) atoms. The van der Waals surface area contributed by atoms with Gasteiger partial charge in [0.25, 0.3) is 0 Å². The summed E-state index contributed by atoms with van der Waals surface area (Å²) in [4.78, 5) is 4.70. The van der Waals surface area contributed by atoms with E-state index in [0.717, 1.165) is 5.92 Å². The molecule has 3 heterocycles. The largest absolute Gasteiger partial charge is 0.329 e. The Morgan fingerprint density at radius 3 is 3.18 bits per heavy atom. The Morgan fingerprint density at radius 2 is 2.35 bits per heavy atom. The fraction of sp³-hybridized carbons (Fsp3) is 0.786. The Hall–Kier alpha value is -0.440. The van der Waals surface area contributed by atoms with Crippen LogP contribution in [-0.2, 0) is 12.8 Å². The molecule has 1 saturated heterocycles. The minimum Gasteiger partial charge on any atom is -0.329 e. The number of fused-ring (bicyclic) bond motifs is 1. The lowest BCUT2D eigenvalue weighted by molar-refractivity contribution is 0.402. The van der Waals surface area contributed by atoms with Crippen LogP contribution >= 0.6 is 11.8 Å². The van der Waals surface area contributed by atoms with Gasteiger partial charge in [-0.25, -0.2) is 4.98 Å². The van der Waals surface area contributed by atoms with E-state index in [1.165, 1.54) is 61.5 Å². The molecule has 0 radical (unpaired) electrons. The second-order valence-corrected chi connectivity index (χ2v) is 6.71. The van der Waals surface area contributed by atoms with Gasteiger partial charge in [-0.2, -0.15) is 11.8 Å². The number of imidazole rings is 1. The van der Waals surface area contributed by atoms with Gasteiger partial charge in [-0.15, -0.1) is 0 Å². The van der Waals surface area contributed by atoms with Crippen molar-refractivity contribution in [2.45, 2.75) is 51.5 Å². The van der Waals surface area contributed by atoms with Gasteiger partial charge in [0.05, 0.1) is 0 Å². The second kappa shape index (κ2) is 5.05. The van der Waals surface area contributed by atoms with Crippen molar-refractivity contribution in [3.8, 4) is 0 Å². The molecule has 0 saturated carbocycles. The number of nitrogens with zero attached hydrogens (tertiary/aromatic N) is 2. The minimum atomic E-state index is 0.674. The number of aryl methyl sites for hydroxylation is 1. The molecule has 1 fully saturated rings. The van der Waals surface area contributed by atoms with Gasteiger partial charge in [0.2, 0.25) is 0 Å². The van der Waals surface area contributed by atoms with Crippen LogP contribution < -0.4 is 0 Å². The van der Waals surface area contributed by atoms with Crippen molar-refractivity contribution in [1.29, 1.82) is 0 Å². The highest BCUT2D eigenvalue weighted by Crippen LogP contribution is 2.30. The number of thioether (sulfide) groups is 1. The third-order valence-electron chi connectivity index (χ3n) is 4.17.